The maximum atomic E-state index is 12.8. The summed E-state index contributed by atoms with van der Waals surface area (Å²) in [5, 5.41) is 9.58. The Hall–Kier alpha value is -2.60. The van der Waals surface area contributed by atoms with E-state index in [4.69, 9.17) is 0 Å². The lowest BCUT2D eigenvalue weighted by Gasteiger charge is -2.30. The summed E-state index contributed by atoms with van der Waals surface area (Å²) in [4.78, 5) is 14.7. The molecule has 1 amide bonds. The van der Waals surface area contributed by atoms with E-state index in [0.717, 1.165) is 17.1 Å². The average molecular weight is 409 g/mol. The first-order chi connectivity index (χ1) is 13.9. The number of carbonyl (C=O) groups excluding carboxylic acids is 1. The van der Waals surface area contributed by atoms with Crippen molar-refractivity contribution >= 4 is 17.7 Å². The maximum Gasteiger partial charge on any atom is 0.233 e. The van der Waals surface area contributed by atoms with Gasteiger partial charge in [0.1, 0.15) is 0 Å². The van der Waals surface area contributed by atoms with Crippen LogP contribution >= 0.6 is 11.8 Å². The van der Waals surface area contributed by atoms with Crippen molar-refractivity contribution in [3.8, 4) is 17.1 Å². The summed E-state index contributed by atoms with van der Waals surface area (Å²) >= 11 is 1.43. The third-order valence-corrected chi connectivity index (χ3v) is 5.60. The van der Waals surface area contributed by atoms with Crippen LogP contribution in [0.15, 0.2) is 59.8 Å². The Morgan fingerprint density at radius 3 is 2.17 bits per heavy atom. The summed E-state index contributed by atoms with van der Waals surface area (Å²) in [6.45, 7) is 10.3. The van der Waals surface area contributed by atoms with Gasteiger partial charge in [-0.2, -0.15) is 0 Å². The fourth-order valence-corrected chi connectivity index (χ4v) is 4.26. The molecule has 1 heterocycles. The highest BCUT2D eigenvalue weighted by Crippen LogP contribution is 2.28. The quantitative estimate of drug-likeness (QED) is 0.517. The molecule has 152 valence electrons. The number of carbonyl (C=O) groups is 1. The number of rotatable bonds is 7. The molecule has 0 saturated heterocycles. The van der Waals surface area contributed by atoms with E-state index >= 15 is 0 Å². The van der Waals surface area contributed by atoms with Crippen molar-refractivity contribution in [2.24, 2.45) is 0 Å². The van der Waals surface area contributed by atoms with Crippen LogP contribution in [-0.2, 0) is 4.79 Å². The lowest BCUT2D eigenvalue weighted by Crippen LogP contribution is -2.43. The molecule has 0 saturated carbocycles. The van der Waals surface area contributed by atoms with E-state index in [1.165, 1.54) is 17.3 Å². The highest BCUT2D eigenvalue weighted by Gasteiger charge is 2.22. The monoisotopic (exact) mass is 408 g/mol. The lowest BCUT2D eigenvalue weighted by molar-refractivity contribution is -0.131. The summed E-state index contributed by atoms with van der Waals surface area (Å²) in [5.41, 5.74) is 3.17. The minimum absolute atomic E-state index is 0.111. The Morgan fingerprint density at radius 2 is 1.59 bits per heavy atom. The van der Waals surface area contributed by atoms with Gasteiger partial charge in [0.15, 0.2) is 11.0 Å². The number of benzene rings is 2. The van der Waals surface area contributed by atoms with Crippen molar-refractivity contribution in [3.05, 3.63) is 60.2 Å². The van der Waals surface area contributed by atoms with E-state index in [0.29, 0.717) is 10.9 Å². The zero-order chi connectivity index (χ0) is 21.0. The van der Waals surface area contributed by atoms with Crippen LogP contribution in [0.1, 0.15) is 33.3 Å². The Morgan fingerprint density at radius 1 is 0.966 bits per heavy atom. The number of aryl methyl sites for hydroxylation is 1. The van der Waals surface area contributed by atoms with Gasteiger partial charge in [-0.05, 0) is 46.8 Å². The molecule has 0 bridgehead atoms. The van der Waals surface area contributed by atoms with Gasteiger partial charge in [0.2, 0.25) is 5.91 Å². The van der Waals surface area contributed by atoms with Gasteiger partial charge < -0.3 is 4.90 Å². The topological polar surface area (TPSA) is 51.0 Å². The maximum absolute atomic E-state index is 12.8. The summed E-state index contributed by atoms with van der Waals surface area (Å²) in [6, 6.07) is 18.6. The molecule has 3 rings (SSSR count). The zero-order valence-electron chi connectivity index (χ0n) is 17.7. The molecular weight excluding hydrogens is 380 g/mol. The molecule has 0 fully saturated rings. The summed E-state index contributed by atoms with van der Waals surface area (Å²) in [7, 11) is 0. The van der Waals surface area contributed by atoms with Crippen molar-refractivity contribution in [2.75, 3.05) is 5.75 Å². The van der Waals surface area contributed by atoms with Crippen LogP contribution < -0.4 is 0 Å². The van der Waals surface area contributed by atoms with Crippen molar-refractivity contribution < 1.29 is 4.79 Å². The Labute approximate surface area is 177 Å². The smallest absolute Gasteiger partial charge is 0.233 e. The number of thioether (sulfide) groups is 1. The van der Waals surface area contributed by atoms with Crippen LogP contribution in [0, 0.1) is 6.92 Å². The van der Waals surface area contributed by atoms with Gasteiger partial charge in [-0.15, -0.1) is 10.2 Å². The molecule has 6 heteroatoms. The van der Waals surface area contributed by atoms with Gasteiger partial charge >= 0.3 is 0 Å². The van der Waals surface area contributed by atoms with Gasteiger partial charge in [0.25, 0.3) is 0 Å². The Bertz CT molecular complexity index is 941. The third kappa shape index (κ3) is 4.88. The van der Waals surface area contributed by atoms with Crippen LogP contribution in [0.5, 0.6) is 0 Å². The van der Waals surface area contributed by atoms with Crippen molar-refractivity contribution in [3.63, 3.8) is 0 Å². The van der Waals surface area contributed by atoms with Crippen LogP contribution in [0.2, 0.25) is 0 Å². The fourth-order valence-electron chi connectivity index (χ4n) is 3.44. The van der Waals surface area contributed by atoms with Crippen molar-refractivity contribution in [1.29, 1.82) is 0 Å². The molecule has 0 atom stereocenters. The highest BCUT2D eigenvalue weighted by molar-refractivity contribution is 7.99. The first kappa shape index (κ1) is 21.1. The first-order valence-electron chi connectivity index (χ1n) is 9.90. The van der Waals surface area contributed by atoms with Gasteiger partial charge in [-0.3, -0.25) is 9.36 Å². The normalized spacial score (nSPS) is 11.3. The summed E-state index contributed by atoms with van der Waals surface area (Å²) in [5.74, 6) is 1.21. The molecule has 0 N–H and O–H groups in total. The van der Waals surface area contributed by atoms with Crippen LogP contribution in [0.4, 0.5) is 0 Å². The zero-order valence-corrected chi connectivity index (χ0v) is 18.5. The molecule has 5 nitrogen and oxygen atoms in total. The fraction of sp³-hybridized carbons (Fsp3) is 0.348. The van der Waals surface area contributed by atoms with E-state index in [1.54, 1.807) is 0 Å². The van der Waals surface area contributed by atoms with Crippen molar-refractivity contribution in [1.82, 2.24) is 19.7 Å². The molecule has 0 aliphatic heterocycles. The Balaban J connectivity index is 1.94. The van der Waals surface area contributed by atoms with Crippen LogP contribution in [0.3, 0.4) is 0 Å². The third-order valence-electron chi connectivity index (χ3n) is 4.68. The Kier molecular flexibility index (Phi) is 6.75. The average Bonchev–Trinajstić information content (AvgIpc) is 3.11. The molecule has 0 radical (unpaired) electrons. The number of amides is 1. The second kappa shape index (κ2) is 9.27. The number of hydrogen-bond acceptors (Lipinski definition) is 4. The SMILES string of the molecule is Cc1ccc(-n2c(SCC(=O)N(C(C)C)C(C)C)nnc2-c2ccccc2)cc1. The van der Waals surface area contributed by atoms with Crippen LogP contribution in [0.25, 0.3) is 17.1 Å². The van der Waals surface area contributed by atoms with E-state index < -0.39 is 0 Å². The highest BCUT2D eigenvalue weighted by atomic mass is 32.2. The molecule has 1 aromatic heterocycles. The van der Waals surface area contributed by atoms with E-state index in [9.17, 15) is 4.79 Å². The van der Waals surface area contributed by atoms with E-state index in [1.807, 2.05) is 67.5 Å². The lowest BCUT2D eigenvalue weighted by atomic mass is 10.2. The van der Waals surface area contributed by atoms with Gasteiger partial charge in [0.05, 0.1) is 5.75 Å². The van der Waals surface area contributed by atoms with Gasteiger partial charge in [0, 0.05) is 23.3 Å². The van der Waals surface area contributed by atoms with Crippen molar-refractivity contribution in [2.45, 2.75) is 51.9 Å². The van der Waals surface area contributed by atoms with E-state index in [2.05, 4.69) is 41.4 Å². The first-order valence-corrected chi connectivity index (χ1v) is 10.9. The largest absolute Gasteiger partial charge is 0.337 e. The summed E-state index contributed by atoms with van der Waals surface area (Å²) < 4.78 is 2.03. The van der Waals surface area contributed by atoms with Crippen LogP contribution in [-0.4, -0.2) is 43.4 Å². The number of hydrogen-bond donors (Lipinski definition) is 0. The molecule has 0 spiro atoms. The molecule has 0 aliphatic carbocycles. The second-order valence-corrected chi connectivity index (χ2v) is 8.56. The minimum Gasteiger partial charge on any atom is -0.337 e. The van der Waals surface area contributed by atoms with E-state index in [-0.39, 0.29) is 18.0 Å². The molecule has 2 aromatic carbocycles. The number of aromatic nitrogens is 3. The number of nitrogens with zero attached hydrogens (tertiary/aromatic N) is 4. The standard InChI is InChI=1S/C23H28N4OS/c1-16(2)26(17(3)4)21(28)15-29-23-25-24-22(19-9-7-6-8-10-19)27(23)20-13-11-18(5)12-14-20/h6-14,16-17H,15H2,1-5H3. The second-order valence-electron chi connectivity index (χ2n) is 7.62. The summed E-state index contributed by atoms with van der Waals surface area (Å²) in [6.07, 6.45) is 0. The van der Waals surface area contributed by atoms with Gasteiger partial charge in [-0.1, -0.05) is 59.8 Å². The predicted molar refractivity (Wildman–Crippen MR) is 119 cm³/mol. The molecular formula is C23H28N4OS. The van der Waals surface area contributed by atoms with Gasteiger partial charge in [-0.25, -0.2) is 0 Å². The molecule has 3 aromatic rings. The predicted octanol–water partition coefficient (Wildman–Crippen LogP) is 4.98. The minimum atomic E-state index is 0.111. The molecule has 0 unspecified atom stereocenters. The molecule has 29 heavy (non-hydrogen) atoms. The molecule has 0 aliphatic rings.